The topological polar surface area (TPSA) is 62.2 Å². The lowest BCUT2D eigenvalue weighted by Gasteiger charge is -2.32. The fourth-order valence-electron chi connectivity index (χ4n) is 5.37. The highest BCUT2D eigenvalue weighted by molar-refractivity contribution is 5.96. The molecule has 0 radical (unpaired) electrons. The Morgan fingerprint density at radius 2 is 1.81 bits per heavy atom. The molecule has 36 heavy (non-hydrogen) atoms. The SMILES string of the molecule is CC1=C(c2cccc(O)c2C)C(c2ccc(OC[C@H](C)N3CC[C@@H](C)C3)cc2)Oc2ccc(O)cc21. The predicted molar refractivity (Wildman–Crippen MR) is 144 cm³/mol. The van der Waals surface area contributed by atoms with Crippen molar-refractivity contribution < 1.29 is 19.7 Å². The minimum absolute atomic E-state index is 0.196. The fraction of sp³-hybridized carbons (Fsp3) is 0.355. The van der Waals surface area contributed by atoms with Crippen molar-refractivity contribution in [2.75, 3.05) is 19.7 Å². The van der Waals surface area contributed by atoms with Gasteiger partial charge in [0.15, 0.2) is 0 Å². The number of phenols is 2. The summed E-state index contributed by atoms with van der Waals surface area (Å²) in [5.74, 6) is 2.78. The van der Waals surface area contributed by atoms with Crippen LogP contribution >= 0.6 is 0 Å². The number of hydrogen-bond donors (Lipinski definition) is 2. The Kier molecular flexibility index (Phi) is 6.67. The summed E-state index contributed by atoms with van der Waals surface area (Å²) in [5, 5.41) is 20.5. The maximum absolute atomic E-state index is 10.4. The van der Waals surface area contributed by atoms with Crippen molar-refractivity contribution in [1.82, 2.24) is 4.90 Å². The van der Waals surface area contributed by atoms with Crippen molar-refractivity contribution in [3.05, 3.63) is 82.9 Å². The van der Waals surface area contributed by atoms with E-state index in [0.717, 1.165) is 63.9 Å². The van der Waals surface area contributed by atoms with Gasteiger partial charge in [-0.1, -0.05) is 31.2 Å². The van der Waals surface area contributed by atoms with Gasteiger partial charge in [0.05, 0.1) is 0 Å². The first-order valence-corrected chi connectivity index (χ1v) is 12.8. The lowest BCUT2D eigenvalue weighted by atomic mass is 9.84. The second-order valence-electron chi connectivity index (χ2n) is 10.3. The lowest BCUT2D eigenvalue weighted by Crippen LogP contribution is -2.35. The van der Waals surface area contributed by atoms with Crippen LogP contribution in [0.5, 0.6) is 23.0 Å². The monoisotopic (exact) mass is 485 g/mol. The number of aromatic hydroxyl groups is 2. The van der Waals surface area contributed by atoms with E-state index in [1.54, 1.807) is 18.2 Å². The lowest BCUT2D eigenvalue weighted by molar-refractivity contribution is 0.169. The number of likely N-dealkylation sites (tertiary alicyclic amines) is 1. The van der Waals surface area contributed by atoms with E-state index in [-0.39, 0.29) is 17.6 Å². The number of ether oxygens (including phenoxy) is 2. The summed E-state index contributed by atoms with van der Waals surface area (Å²) in [4.78, 5) is 2.50. The van der Waals surface area contributed by atoms with Crippen molar-refractivity contribution >= 4 is 11.1 Å². The Morgan fingerprint density at radius 1 is 1.03 bits per heavy atom. The molecule has 0 bridgehead atoms. The summed E-state index contributed by atoms with van der Waals surface area (Å²) in [5.41, 5.74) is 5.58. The summed E-state index contributed by atoms with van der Waals surface area (Å²) in [6.45, 7) is 11.5. The maximum Gasteiger partial charge on any atom is 0.150 e. The van der Waals surface area contributed by atoms with E-state index >= 15 is 0 Å². The van der Waals surface area contributed by atoms with Crippen LogP contribution in [0.3, 0.4) is 0 Å². The smallest absolute Gasteiger partial charge is 0.150 e. The van der Waals surface area contributed by atoms with Gasteiger partial charge in [-0.15, -0.1) is 0 Å². The van der Waals surface area contributed by atoms with E-state index in [0.29, 0.717) is 12.6 Å². The van der Waals surface area contributed by atoms with Gasteiger partial charge in [-0.05, 0) is 98.3 Å². The molecule has 2 aliphatic heterocycles. The maximum atomic E-state index is 10.4. The highest BCUT2D eigenvalue weighted by Crippen LogP contribution is 2.48. The molecule has 3 atom stereocenters. The molecule has 1 saturated heterocycles. The van der Waals surface area contributed by atoms with Crippen LogP contribution in [0.2, 0.25) is 0 Å². The van der Waals surface area contributed by atoms with Crippen LogP contribution in [0.15, 0.2) is 60.7 Å². The molecule has 5 heteroatoms. The summed E-state index contributed by atoms with van der Waals surface area (Å²) in [6.07, 6.45) is 0.901. The summed E-state index contributed by atoms with van der Waals surface area (Å²) < 4.78 is 12.7. The standard InChI is InChI=1S/C31H35NO4/c1-19-14-15-32(17-19)20(2)18-35-25-11-8-23(9-12-25)31-30(26-6-5-7-28(34)21(26)3)22(4)27-16-24(33)10-13-29(27)36-31/h5-13,16,19-20,31,33-34H,14-15,17-18H2,1-4H3/t19-,20+,31?/m1/s1. The zero-order valence-electron chi connectivity index (χ0n) is 21.5. The van der Waals surface area contributed by atoms with E-state index in [1.807, 2.05) is 44.2 Å². The molecule has 2 heterocycles. The Morgan fingerprint density at radius 3 is 2.53 bits per heavy atom. The predicted octanol–water partition coefficient (Wildman–Crippen LogP) is 6.58. The van der Waals surface area contributed by atoms with Gasteiger partial charge in [-0.25, -0.2) is 0 Å². The first-order valence-electron chi connectivity index (χ1n) is 12.8. The number of hydrogen-bond acceptors (Lipinski definition) is 5. The molecule has 2 N–H and O–H groups in total. The Bertz CT molecular complexity index is 1280. The van der Waals surface area contributed by atoms with E-state index < -0.39 is 0 Å². The molecule has 188 valence electrons. The van der Waals surface area contributed by atoms with Gasteiger partial charge >= 0.3 is 0 Å². The molecule has 3 aromatic carbocycles. The first kappa shape index (κ1) is 24.3. The second-order valence-corrected chi connectivity index (χ2v) is 10.3. The number of rotatable bonds is 6. The van der Waals surface area contributed by atoms with Gasteiger partial charge in [0.1, 0.15) is 35.7 Å². The van der Waals surface area contributed by atoms with E-state index in [1.165, 1.54) is 6.42 Å². The molecule has 0 saturated carbocycles. The van der Waals surface area contributed by atoms with Crippen LogP contribution in [0.4, 0.5) is 0 Å². The Hall–Kier alpha value is -3.44. The average Bonchev–Trinajstić information content (AvgIpc) is 3.31. The van der Waals surface area contributed by atoms with Crippen LogP contribution in [0.1, 0.15) is 55.5 Å². The quantitative estimate of drug-likeness (QED) is 0.413. The molecule has 3 aromatic rings. The van der Waals surface area contributed by atoms with Crippen LogP contribution in [0, 0.1) is 12.8 Å². The highest BCUT2D eigenvalue weighted by atomic mass is 16.5. The number of allylic oxidation sites excluding steroid dienone is 1. The van der Waals surface area contributed by atoms with Gasteiger partial charge in [0, 0.05) is 23.7 Å². The van der Waals surface area contributed by atoms with Crippen molar-refractivity contribution in [3.8, 4) is 23.0 Å². The molecule has 1 fully saturated rings. The van der Waals surface area contributed by atoms with Crippen LogP contribution in [-0.4, -0.2) is 40.9 Å². The normalized spacial score (nSPS) is 20.7. The van der Waals surface area contributed by atoms with Crippen LogP contribution in [0.25, 0.3) is 11.1 Å². The number of nitrogens with zero attached hydrogens (tertiary/aromatic N) is 1. The van der Waals surface area contributed by atoms with E-state index in [9.17, 15) is 10.2 Å². The molecule has 2 aliphatic rings. The fourth-order valence-corrected chi connectivity index (χ4v) is 5.37. The van der Waals surface area contributed by atoms with Gasteiger partial charge in [0.2, 0.25) is 0 Å². The molecular formula is C31H35NO4. The van der Waals surface area contributed by atoms with Crippen molar-refractivity contribution in [2.24, 2.45) is 5.92 Å². The summed E-state index contributed by atoms with van der Waals surface area (Å²) in [7, 11) is 0. The second kappa shape index (κ2) is 9.90. The zero-order valence-corrected chi connectivity index (χ0v) is 21.5. The molecule has 0 amide bonds. The van der Waals surface area contributed by atoms with E-state index in [4.69, 9.17) is 9.47 Å². The van der Waals surface area contributed by atoms with Crippen molar-refractivity contribution in [3.63, 3.8) is 0 Å². The van der Waals surface area contributed by atoms with Gasteiger partial charge in [-0.3, -0.25) is 4.90 Å². The van der Waals surface area contributed by atoms with E-state index in [2.05, 4.69) is 30.9 Å². The molecule has 0 aromatic heterocycles. The molecule has 0 aliphatic carbocycles. The minimum Gasteiger partial charge on any atom is -0.508 e. The largest absolute Gasteiger partial charge is 0.508 e. The third-order valence-electron chi connectivity index (χ3n) is 7.63. The third kappa shape index (κ3) is 4.68. The summed E-state index contributed by atoms with van der Waals surface area (Å²) >= 11 is 0. The van der Waals surface area contributed by atoms with Gasteiger partial charge in [-0.2, -0.15) is 0 Å². The average molecular weight is 486 g/mol. The molecule has 0 spiro atoms. The molecule has 5 rings (SSSR count). The Labute approximate surface area is 213 Å². The van der Waals surface area contributed by atoms with Crippen molar-refractivity contribution in [2.45, 2.75) is 46.3 Å². The minimum atomic E-state index is -0.360. The molecular weight excluding hydrogens is 450 g/mol. The van der Waals surface area contributed by atoms with Gasteiger partial charge in [0.25, 0.3) is 0 Å². The molecule has 5 nitrogen and oxygen atoms in total. The van der Waals surface area contributed by atoms with Crippen LogP contribution in [-0.2, 0) is 0 Å². The first-order chi connectivity index (χ1) is 17.3. The molecule has 1 unspecified atom stereocenters. The third-order valence-corrected chi connectivity index (χ3v) is 7.63. The van der Waals surface area contributed by atoms with Gasteiger partial charge < -0.3 is 19.7 Å². The highest BCUT2D eigenvalue weighted by Gasteiger charge is 2.31. The zero-order chi connectivity index (χ0) is 25.4. The number of benzene rings is 3. The number of fused-ring (bicyclic) bond motifs is 1. The number of phenolic OH excluding ortho intramolecular Hbond substituents is 2. The summed E-state index contributed by atoms with van der Waals surface area (Å²) in [6, 6.07) is 19.3. The van der Waals surface area contributed by atoms with Crippen molar-refractivity contribution in [1.29, 1.82) is 0 Å². The van der Waals surface area contributed by atoms with Crippen LogP contribution < -0.4 is 9.47 Å². The Balaban J connectivity index is 1.43.